The lowest BCUT2D eigenvalue weighted by atomic mass is 10.2. The second-order valence-corrected chi connectivity index (χ2v) is 7.14. The molecule has 0 bridgehead atoms. The Hall–Kier alpha value is -3.09. The second-order valence-electron chi connectivity index (χ2n) is 7.14. The Labute approximate surface area is 172 Å². The molecule has 0 fully saturated rings. The van der Waals surface area contributed by atoms with Crippen molar-refractivity contribution in [1.82, 2.24) is 30.0 Å². The molecule has 0 radical (unpaired) electrons. The zero-order valence-electron chi connectivity index (χ0n) is 17.6. The highest BCUT2D eigenvalue weighted by molar-refractivity contribution is 5.79. The zero-order valence-corrected chi connectivity index (χ0v) is 17.6. The SMILES string of the molecule is CN=C(NCCCn1nc(C)cc1C)NCCc1nccn1Cc1ccccc1. The lowest BCUT2D eigenvalue weighted by Gasteiger charge is -2.13. The third-order valence-electron chi connectivity index (χ3n) is 4.80. The van der Waals surface area contributed by atoms with Crippen LogP contribution in [0.15, 0.2) is 53.8 Å². The van der Waals surface area contributed by atoms with E-state index in [-0.39, 0.29) is 0 Å². The van der Waals surface area contributed by atoms with Crippen molar-refractivity contribution in [2.24, 2.45) is 4.99 Å². The molecule has 0 atom stereocenters. The van der Waals surface area contributed by atoms with E-state index in [1.165, 1.54) is 11.3 Å². The summed E-state index contributed by atoms with van der Waals surface area (Å²) in [5, 5.41) is 11.2. The number of aromatic nitrogens is 4. The van der Waals surface area contributed by atoms with Crippen LogP contribution in [0.2, 0.25) is 0 Å². The minimum atomic E-state index is 0.781. The molecule has 7 nitrogen and oxygen atoms in total. The topological polar surface area (TPSA) is 72.1 Å². The molecule has 3 rings (SSSR count). The molecule has 3 aromatic rings. The molecule has 2 aromatic heterocycles. The third kappa shape index (κ3) is 6.20. The minimum absolute atomic E-state index is 0.781. The largest absolute Gasteiger partial charge is 0.356 e. The molecule has 2 N–H and O–H groups in total. The number of benzene rings is 1. The number of aryl methyl sites for hydroxylation is 3. The van der Waals surface area contributed by atoms with Gasteiger partial charge in [-0.2, -0.15) is 5.10 Å². The molecule has 2 heterocycles. The molecule has 0 saturated carbocycles. The van der Waals surface area contributed by atoms with Crippen LogP contribution in [0.25, 0.3) is 0 Å². The number of aliphatic imine (C=N–C) groups is 1. The molecule has 0 amide bonds. The third-order valence-corrected chi connectivity index (χ3v) is 4.80. The van der Waals surface area contributed by atoms with Gasteiger partial charge in [0.15, 0.2) is 5.96 Å². The van der Waals surface area contributed by atoms with Crippen LogP contribution < -0.4 is 10.6 Å². The summed E-state index contributed by atoms with van der Waals surface area (Å²) in [6.45, 7) is 7.49. The molecule has 1 aromatic carbocycles. The molecule has 0 aliphatic carbocycles. The first-order chi connectivity index (χ1) is 14.2. The molecule has 0 aliphatic heterocycles. The van der Waals surface area contributed by atoms with E-state index in [0.29, 0.717) is 0 Å². The maximum Gasteiger partial charge on any atom is 0.190 e. The summed E-state index contributed by atoms with van der Waals surface area (Å²) in [6, 6.07) is 12.6. The number of guanidine groups is 1. The van der Waals surface area contributed by atoms with Gasteiger partial charge in [0, 0.05) is 57.7 Å². The first-order valence-electron chi connectivity index (χ1n) is 10.1. The summed E-state index contributed by atoms with van der Waals surface area (Å²) in [4.78, 5) is 8.82. The Morgan fingerprint density at radius 3 is 2.62 bits per heavy atom. The minimum Gasteiger partial charge on any atom is -0.356 e. The molecule has 154 valence electrons. The van der Waals surface area contributed by atoms with Crippen molar-refractivity contribution in [3.05, 3.63) is 71.6 Å². The van der Waals surface area contributed by atoms with Crippen molar-refractivity contribution < 1.29 is 0 Å². The van der Waals surface area contributed by atoms with Gasteiger partial charge in [-0.15, -0.1) is 0 Å². The maximum atomic E-state index is 4.51. The first-order valence-corrected chi connectivity index (χ1v) is 10.1. The Morgan fingerprint density at radius 2 is 1.90 bits per heavy atom. The highest BCUT2D eigenvalue weighted by Gasteiger charge is 2.05. The van der Waals surface area contributed by atoms with Crippen molar-refractivity contribution >= 4 is 5.96 Å². The second kappa shape index (κ2) is 10.5. The molecular weight excluding hydrogens is 362 g/mol. The summed E-state index contributed by atoms with van der Waals surface area (Å²) in [6.07, 6.45) is 5.73. The predicted molar refractivity (Wildman–Crippen MR) is 117 cm³/mol. The highest BCUT2D eigenvalue weighted by atomic mass is 15.3. The van der Waals surface area contributed by atoms with E-state index in [0.717, 1.165) is 56.5 Å². The van der Waals surface area contributed by atoms with Crippen LogP contribution in [0, 0.1) is 13.8 Å². The van der Waals surface area contributed by atoms with Gasteiger partial charge in [-0.3, -0.25) is 9.67 Å². The number of hydrogen-bond donors (Lipinski definition) is 2. The van der Waals surface area contributed by atoms with E-state index in [9.17, 15) is 0 Å². The van der Waals surface area contributed by atoms with Crippen LogP contribution in [-0.2, 0) is 19.5 Å². The van der Waals surface area contributed by atoms with E-state index in [2.05, 4.69) is 72.2 Å². The fourth-order valence-corrected chi connectivity index (χ4v) is 3.34. The number of rotatable bonds is 9. The van der Waals surface area contributed by atoms with E-state index < -0.39 is 0 Å². The Morgan fingerprint density at radius 1 is 1.10 bits per heavy atom. The van der Waals surface area contributed by atoms with Crippen molar-refractivity contribution in [2.45, 2.75) is 39.8 Å². The van der Waals surface area contributed by atoms with E-state index in [4.69, 9.17) is 0 Å². The van der Waals surface area contributed by atoms with Crippen molar-refractivity contribution in [3.8, 4) is 0 Å². The van der Waals surface area contributed by atoms with E-state index in [1.54, 1.807) is 7.05 Å². The average Bonchev–Trinajstić information content (AvgIpc) is 3.29. The summed E-state index contributed by atoms with van der Waals surface area (Å²) in [5.74, 6) is 1.89. The van der Waals surface area contributed by atoms with E-state index >= 15 is 0 Å². The summed E-state index contributed by atoms with van der Waals surface area (Å²) >= 11 is 0. The molecule has 7 heteroatoms. The molecule has 0 saturated heterocycles. The number of nitrogens with one attached hydrogen (secondary N) is 2. The van der Waals surface area contributed by atoms with Gasteiger partial charge in [0.05, 0.1) is 5.69 Å². The van der Waals surface area contributed by atoms with Gasteiger partial charge in [0.1, 0.15) is 5.82 Å². The summed E-state index contributed by atoms with van der Waals surface area (Å²) < 4.78 is 4.25. The summed E-state index contributed by atoms with van der Waals surface area (Å²) in [5.41, 5.74) is 3.55. The molecule has 29 heavy (non-hydrogen) atoms. The van der Waals surface area contributed by atoms with Crippen LogP contribution in [0.3, 0.4) is 0 Å². The van der Waals surface area contributed by atoms with Crippen LogP contribution in [0.5, 0.6) is 0 Å². The van der Waals surface area contributed by atoms with E-state index in [1.807, 2.05) is 25.4 Å². The lowest BCUT2D eigenvalue weighted by molar-refractivity contribution is 0.555. The van der Waals surface area contributed by atoms with Crippen molar-refractivity contribution in [2.75, 3.05) is 20.1 Å². The van der Waals surface area contributed by atoms with Crippen molar-refractivity contribution in [3.63, 3.8) is 0 Å². The van der Waals surface area contributed by atoms with Crippen LogP contribution in [0.1, 0.15) is 29.2 Å². The fourth-order valence-electron chi connectivity index (χ4n) is 3.34. The molecular formula is C22H31N7. The fraction of sp³-hybridized carbons (Fsp3) is 0.409. The quantitative estimate of drug-likeness (QED) is 0.333. The number of hydrogen-bond acceptors (Lipinski definition) is 3. The predicted octanol–water partition coefficient (Wildman–Crippen LogP) is 2.54. The first kappa shape index (κ1) is 20.6. The van der Waals surface area contributed by atoms with Crippen LogP contribution >= 0.6 is 0 Å². The monoisotopic (exact) mass is 393 g/mol. The zero-order chi connectivity index (χ0) is 20.5. The number of imidazole rings is 1. The van der Waals surface area contributed by atoms with Gasteiger partial charge in [-0.05, 0) is 31.9 Å². The maximum absolute atomic E-state index is 4.51. The average molecular weight is 394 g/mol. The van der Waals surface area contributed by atoms with Gasteiger partial charge in [-0.25, -0.2) is 4.98 Å². The van der Waals surface area contributed by atoms with Crippen LogP contribution in [0.4, 0.5) is 0 Å². The highest BCUT2D eigenvalue weighted by Crippen LogP contribution is 2.06. The number of nitrogens with zero attached hydrogens (tertiary/aromatic N) is 5. The Kier molecular flexibility index (Phi) is 7.44. The normalized spacial score (nSPS) is 11.6. The van der Waals surface area contributed by atoms with Gasteiger partial charge < -0.3 is 15.2 Å². The molecule has 0 unspecified atom stereocenters. The Bertz CT molecular complexity index is 908. The van der Waals surface area contributed by atoms with Gasteiger partial charge in [-0.1, -0.05) is 30.3 Å². The summed E-state index contributed by atoms with van der Waals surface area (Å²) in [7, 11) is 1.80. The Balaban J connectivity index is 1.39. The van der Waals surface area contributed by atoms with Crippen molar-refractivity contribution in [1.29, 1.82) is 0 Å². The molecule has 0 aliphatic rings. The van der Waals surface area contributed by atoms with Gasteiger partial charge in [0.2, 0.25) is 0 Å². The molecule has 0 spiro atoms. The smallest absolute Gasteiger partial charge is 0.190 e. The van der Waals surface area contributed by atoms with Gasteiger partial charge >= 0.3 is 0 Å². The van der Waals surface area contributed by atoms with Crippen LogP contribution in [-0.4, -0.2) is 45.4 Å². The standard InChI is InChI=1S/C22H31N7/c1-18-16-19(2)29(27-18)14-7-11-25-22(23-3)26-12-10-21-24-13-15-28(21)17-20-8-5-4-6-9-20/h4-6,8-9,13,15-16H,7,10-12,14,17H2,1-3H3,(H2,23,25,26). The van der Waals surface area contributed by atoms with Gasteiger partial charge in [0.25, 0.3) is 0 Å². The lowest BCUT2D eigenvalue weighted by Crippen LogP contribution is -2.39.